The third kappa shape index (κ3) is 3.22. The first-order valence-electron chi connectivity index (χ1n) is 4.51. The van der Waals surface area contributed by atoms with Crippen LogP contribution < -0.4 is 5.73 Å². The summed E-state index contributed by atoms with van der Waals surface area (Å²) in [6, 6.07) is 4.61. The Kier molecular flexibility index (Phi) is 4.54. The van der Waals surface area contributed by atoms with Gasteiger partial charge in [-0.25, -0.2) is 4.79 Å². The molecule has 6 heteroatoms. The molecule has 0 atom stereocenters. The molecule has 0 radical (unpaired) electrons. The molecule has 2 N–H and O–H groups in total. The second kappa shape index (κ2) is 5.70. The molecule has 0 unspecified atom stereocenters. The molecule has 0 fully saturated rings. The molecule has 0 bridgehead atoms. The van der Waals surface area contributed by atoms with Crippen LogP contribution in [-0.4, -0.2) is 18.9 Å². The summed E-state index contributed by atoms with van der Waals surface area (Å²) in [5, 5.41) is 0.371. The van der Waals surface area contributed by atoms with E-state index >= 15 is 0 Å². The molecule has 0 aromatic heterocycles. The van der Waals surface area contributed by atoms with Crippen molar-refractivity contribution in [2.45, 2.75) is 0 Å². The van der Waals surface area contributed by atoms with Crippen LogP contribution in [0, 0.1) is 0 Å². The van der Waals surface area contributed by atoms with Crippen LogP contribution in [0.15, 0.2) is 30.0 Å². The lowest BCUT2D eigenvalue weighted by molar-refractivity contribution is -0.136. The number of methoxy groups -OCH3 is 1. The van der Waals surface area contributed by atoms with Crippen LogP contribution in [-0.2, 0) is 9.53 Å². The second-order valence-corrected chi connectivity index (χ2v) is 3.84. The second-order valence-electron chi connectivity index (χ2n) is 3.06. The van der Waals surface area contributed by atoms with E-state index in [1.54, 1.807) is 12.1 Å². The fraction of sp³-hybridized carbons (Fsp3) is 0.0909. The minimum Gasteiger partial charge on any atom is -0.464 e. The predicted molar refractivity (Wildman–Crippen MR) is 65.1 cm³/mol. The van der Waals surface area contributed by atoms with Crippen molar-refractivity contribution in [2.24, 2.45) is 5.73 Å². The highest BCUT2D eigenvalue weighted by atomic mass is 35.5. The lowest BCUT2D eigenvalue weighted by Crippen LogP contribution is -2.14. The van der Waals surface area contributed by atoms with Crippen LogP contribution in [0.4, 0.5) is 0 Å². The van der Waals surface area contributed by atoms with Gasteiger partial charge >= 0.3 is 5.97 Å². The van der Waals surface area contributed by atoms with E-state index in [0.29, 0.717) is 0 Å². The van der Waals surface area contributed by atoms with Crippen molar-refractivity contribution in [3.8, 4) is 0 Å². The van der Waals surface area contributed by atoms with Crippen molar-refractivity contribution in [3.63, 3.8) is 0 Å². The zero-order valence-corrected chi connectivity index (χ0v) is 10.4. The normalized spacial score (nSPS) is 11.1. The smallest absolute Gasteiger partial charge is 0.354 e. The molecule has 0 amide bonds. The van der Waals surface area contributed by atoms with Gasteiger partial charge in [0.05, 0.1) is 17.2 Å². The van der Waals surface area contributed by atoms with Gasteiger partial charge in [-0.15, -0.1) is 0 Å². The van der Waals surface area contributed by atoms with Gasteiger partial charge in [0, 0.05) is 11.6 Å². The molecule has 4 nitrogen and oxygen atoms in total. The fourth-order valence-electron chi connectivity index (χ4n) is 1.09. The van der Waals surface area contributed by atoms with Gasteiger partial charge in [-0.3, -0.25) is 4.79 Å². The molecule has 1 aromatic rings. The van der Waals surface area contributed by atoms with Gasteiger partial charge in [-0.1, -0.05) is 29.3 Å². The maximum atomic E-state index is 11.7. The molecule has 1 aromatic carbocycles. The number of ether oxygens (including phenoxy) is 1. The van der Waals surface area contributed by atoms with Crippen LogP contribution in [0.2, 0.25) is 10.0 Å². The van der Waals surface area contributed by atoms with Gasteiger partial charge < -0.3 is 10.5 Å². The average molecular weight is 274 g/mol. The van der Waals surface area contributed by atoms with E-state index in [1.807, 2.05) is 0 Å². The van der Waals surface area contributed by atoms with Crippen LogP contribution in [0.3, 0.4) is 0 Å². The maximum absolute atomic E-state index is 11.7. The number of carbonyl (C=O) groups is 2. The highest BCUT2D eigenvalue weighted by Gasteiger charge is 2.13. The standard InChI is InChI=1S/C11H9Cl2NO3/c1-17-11(16)8(14)5-9(15)6-3-2-4-7(12)10(6)13/h2-5H,14H2,1H3. The van der Waals surface area contributed by atoms with Crippen LogP contribution in [0.25, 0.3) is 0 Å². The first kappa shape index (κ1) is 13.5. The zero-order chi connectivity index (χ0) is 13.0. The van der Waals surface area contributed by atoms with Crippen molar-refractivity contribution in [1.29, 1.82) is 0 Å². The summed E-state index contributed by atoms with van der Waals surface area (Å²) in [4.78, 5) is 22.7. The lowest BCUT2D eigenvalue weighted by atomic mass is 10.1. The molecular formula is C11H9Cl2NO3. The minimum absolute atomic E-state index is 0.119. The third-order valence-electron chi connectivity index (χ3n) is 1.92. The van der Waals surface area contributed by atoms with Gasteiger partial charge in [-0.05, 0) is 12.1 Å². The van der Waals surface area contributed by atoms with Crippen molar-refractivity contribution >= 4 is 35.0 Å². The molecule has 90 valence electrons. The van der Waals surface area contributed by atoms with E-state index in [-0.39, 0.29) is 21.3 Å². The molecule has 0 spiro atoms. The fourth-order valence-corrected chi connectivity index (χ4v) is 1.48. The summed E-state index contributed by atoms with van der Waals surface area (Å²) >= 11 is 11.6. The first-order chi connectivity index (χ1) is 7.97. The van der Waals surface area contributed by atoms with Crippen LogP contribution in [0.5, 0.6) is 0 Å². The van der Waals surface area contributed by atoms with Gasteiger partial charge in [0.25, 0.3) is 0 Å². The Morgan fingerprint density at radius 3 is 2.59 bits per heavy atom. The SMILES string of the molecule is COC(=O)C(N)=CC(=O)c1cccc(Cl)c1Cl. The molecule has 0 aliphatic heterocycles. The zero-order valence-electron chi connectivity index (χ0n) is 8.87. The number of esters is 1. The molecular weight excluding hydrogens is 265 g/mol. The molecule has 17 heavy (non-hydrogen) atoms. The molecule has 0 aliphatic carbocycles. The van der Waals surface area contributed by atoms with Gasteiger partial charge in [0.2, 0.25) is 0 Å². The van der Waals surface area contributed by atoms with Crippen molar-refractivity contribution in [3.05, 3.63) is 45.6 Å². The van der Waals surface area contributed by atoms with E-state index < -0.39 is 11.8 Å². The van der Waals surface area contributed by atoms with E-state index in [1.165, 1.54) is 13.2 Å². The van der Waals surface area contributed by atoms with Crippen LogP contribution in [0.1, 0.15) is 10.4 Å². The van der Waals surface area contributed by atoms with E-state index in [4.69, 9.17) is 28.9 Å². The molecule has 0 saturated heterocycles. The summed E-state index contributed by atoms with van der Waals surface area (Å²) in [5.41, 5.74) is 5.22. The Bertz CT molecular complexity index is 497. The molecule has 0 heterocycles. The highest BCUT2D eigenvalue weighted by Crippen LogP contribution is 2.26. The third-order valence-corrected chi connectivity index (χ3v) is 2.74. The Hall–Kier alpha value is -1.52. The van der Waals surface area contributed by atoms with Gasteiger partial charge in [0.15, 0.2) is 5.78 Å². The number of carbonyl (C=O) groups excluding carboxylic acids is 2. The minimum atomic E-state index is -0.781. The number of ketones is 1. The van der Waals surface area contributed by atoms with Gasteiger partial charge in [-0.2, -0.15) is 0 Å². The molecule has 0 aliphatic rings. The number of benzene rings is 1. The number of rotatable bonds is 3. The Balaban J connectivity index is 3.06. The van der Waals surface area contributed by atoms with E-state index in [9.17, 15) is 9.59 Å². The summed E-state index contributed by atoms with van der Waals surface area (Å²) in [6.45, 7) is 0. The summed E-state index contributed by atoms with van der Waals surface area (Å²) < 4.78 is 4.36. The Labute approximate surface area is 108 Å². The number of hydrogen-bond donors (Lipinski definition) is 1. The van der Waals surface area contributed by atoms with Crippen molar-refractivity contribution in [1.82, 2.24) is 0 Å². The number of allylic oxidation sites excluding steroid dienone is 1. The maximum Gasteiger partial charge on any atom is 0.354 e. The van der Waals surface area contributed by atoms with E-state index in [0.717, 1.165) is 6.08 Å². The molecule has 1 rings (SSSR count). The summed E-state index contributed by atoms with van der Waals surface area (Å²) in [6.07, 6.45) is 0.948. The highest BCUT2D eigenvalue weighted by molar-refractivity contribution is 6.44. The quantitative estimate of drug-likeness (QED) is 0.521. The average Bonchev–Trinajstić information content (AvgIpc) is 2.31. The molecule has 0 saturated carbocycles. The number of hydrogen-bond acceptors (Lipinski definition) is 4. The first-order valence-corrected chi connectivity index (χ1v) is 5.26. The Morgan fingerprint density at radius 1 is 1.35 bits per heavy atom. The Morgan fingerprint density at radius 2 is 2.00 bits per heavy atom. The van der Waals surface area contributed by atoms with E-state index in [2.05, 4.69) is 4.74 Å². The summed E-state index contributed by atoms with van der Waals surface area (Å²) in [7, 11) is 1.17. The monoisotopic (exact) mass is 273 g/mol. The lowest BCUT2D eigenvalue weighted by Gasteiger charge is -2.02. The largest absolute Gasteiger partial charge is 0.464 e. The number of nitrogens with two attached hydrogens (primary N) is 1. The van der Waals surface area contributed by atoms with Gasteiger partial charge in [0.1, 0.15) is 5.70 Å². The number of halogens is 2. The van der Waals surface area contributed by atoms with Crippen molar-refractivity contribution < 1.29 is 14.3 Å². The van der Waals surface area contributed by atoms with Crippen molar-refractivity contribution in [2.75, 3.05) is 7.11 Å². The topological polar surface area (TPSA) is 69.4 Å². The summed E-state index contributed by atoms with van der Waals surface area (Å²) in [5.74, 6) is -1.29. The predicted octanol–water partition coefficient (Wildman–Crippen LogP) is 2.19. The van der Waals surface area contributed by atoms with Crippen LogP contribution >= 0.6 is 23.2 Å².